The Labute approximate surface area is 277 Å². The Kier molecular flexibility index (Phi) is 10.4. The van der Waals surface area contributed by atoms with Gasteiger partial charge in [0, 0.05) is 41.6 Å². The molecule has 1 saturated heterocycles. The van der Waals surface area contributed by atoms with Gasteiger partial charge in [-0.3, -0.25) is 9.78 Å². The average molecular weight is 647 g/mol. The summed E-state index contributed by atoms with van der Waals surface area (Å²) in [5, 5.41) is 21.7. The molecule has 1 aliphatic rings. The molecule has 3 atom stereocenters. The van der Waals surface area contributed by atoms with Gasteiger partial charge in [0.05, 0.1) is 29.9 Å². The summed E-state index contributed by atoms with van der Waals surface area (Å²) < 4.78 is 13.0. The van der Waals surface area contributed by atoms with Crippen LogP contribution in [0.15, 0.2) is 126 Å². The minimum absolute atomic E-state index is 0.0211. The lowest BCUT2D eigenvalue weighted by Gasteiger charge is -2.36. The highest BCUT2D eigenvalue weighted by atomic mass is 32.2. The zero-order valence-electron chi connectivity index (χ0n) is 25.5. The largest absolute Gasteiger partial charge is 0.478 e. The molecule has 5 aromatic rings. The number of carbonyl (C=O) groups excluding carboxylic acids is 1. The van der Waals surface area contributed by atoms with Crippen LogP contribution in [-0.2, 0) is 22.6 Å². The van der Waals surface area contributed by atoms with E-state index in [0.717, 1.165) is 38.3 Å². The number of pyridine rings is 1. The van der Waals surface area contributed by atoms with Crippen molar-refractivity contribution < 1.29 is 29.3 Å². The third-order valence-corrected chi connectivity index (χ3v) is 9.12. The van der Waals surface area contributed by atoms with Gasteiger partial charge in [-0.2, -0.15) is 0 Å². The molecule has 47 heavy (non-hydrogen) atoms. The minimum atomic E-state index is -0.948. The lowest BCUT2D eigenvalue weighted by molar-refractivity contribution is -0.245. The van der Waals surface area contributed by atoms with E-state index in [2.05, 4.69) is 16.4 Å². The Morgan fingerprint density at radius 2 is 1.57 bits per heavy atom. The topological polar surface area (TPSA) is 118 Å². The number of benzene rings is 4. The van der Waals surface area contributed by atoms with Crippen LogP contribution < -0.4 is 5.32 Å². The molecule has 1 aliphatic heterocycles. The normalized spacial score (nSPS) is 17.6. The van der Waals surface area contributed by atoms with Crippen molar-refractivity contribution in [1.82, 2.24) is 10.3 Å². The van der Waals surface area contributed by atoms with Crippen LogP contribution in [0.2, 0.25) is 0 Å². The van der Waals surface area contributed by atoms with Crippen molar-refractivity contribution in [2.45, 2.75) is 43.0 Å². The first-order valence-corrected chi connectivity index (χ1v) is 16.3. The number of thioether (sulfide) groups is 1. The van der Waals surface area contributed by atoms with Gasteiger partial charge in [-0.25, -0.2) is 4.79 Å². The molecule has 238 valence electrons. The van der Waals surface area contributed by atoms with Gasteiger partial charge >= 0.3 is 5.97 Å². The van der Waals surface area contributed by atoms with Gasteiger partial charge in [-0.05, 0) is 70.3 Å². The van der Waals surface area contributed by atoms with Crippen molar-refractivity contribution in [3.05, 3.63) is 155 Å². The van der Waals surface area contributed by atoms with Crippen LogP contribution in [0.1, 0.15) is 61.8 Å². The summed E-state index contributed by atoms with van der Waals surface area (Å²) in [7, 11) is 0. The van der Waals surface area contributed by atoms with Crippen LogP contribution in [0, 0.1) is 0 Å². The number of hydrogen-bond donors (Lipinski definition) is 3. The second kappa shape index (κ2) is 15.2. The van der Waals surface area contributed by atoms with Crippen LogP contribution in [0.3, 0.4) is 0 Å². The van der Waals surface area contributed by atoms with E-state index in [1.807, 2.05) is 78.9 Å². The van der Waals surface area contributed by atoms with Gasteiger partial charge in [-0.1, -0.05) is 66.7 Å². The maximum Gasteiger partial charge on any atom is 0.335 e. The summed E-state index contributed by atoms with van der Waals surface area (Å²) >= 11 is 1.62. The van der Waals surface area contributed by atoms with Crippen molar-refractivity contribution >= 4 is 23.6 Å². The van der Waals surface area contributed by atoms with Crippen molar-refractivity contribution in [1.29, 1.82) is 0 Å². The molecule has 0 saturated carbocycles. The number of aromatic nitrogens is 1. The number of aliphatic hydroxyl groups excluding tert-OH is 1. The maximum absolute atomic E-state index is 12.5. The fourth-order valence-corrected chi connectivity index (χ4v) is 6.30. The molecule has 6 rings (SSSR count). The number of nitrogens with one attached hydrogen (secondary N) is 1. The Balaban J connectivity index is 1.15. The zero-order valence-corrected chi connectivity index (χ0v) is 26.3. The molecule has 3 N–H and O–H groups in total. The Morgan fingerprint density at radius 1 is 0.809 bits per heavy atom. The van der Waals surface area contributed by atoms with E-state index in [0.29, 0.717) is 24.3 Å². The van der Waals surface area contributed by atoms with Crippen molar-refractivity contribution in [3.63, 3.8) is 0 Å². The highest BCUT2D eigenvalue weighted by molar-refractivity contribution is 7.99. The first kappa shape index (κ1) is 32.2. The maximum atomic E-state index is 12.5. The smallest absolute Gasteiger partial charge is 0.335 e. The molecule has 1 aromatic heterocycles. The second-order valence-electron chi connectivity index (χ2n) is 11.2. The van der Waals surface area contributed by atoms with E-state index in [1.165, 1.54) is 0 Å². The lowest BCUT2D eigenvalue weighted by atomic mass is 9.99. The number of rotatable bonds is 11. The molecule has 9 heteroatoms. The number of nitrogens with zero attached hydrogens (tertiary/aromatic N) is 1. The van der Waals surface area contributed by atoms with E-state index in [9.17, 15) is 19.8 Å². The first-order chi connectivity index (χ1) is 22.9. The molecule has 0 radical (unpaired) electrons. The molecule has 0 bridgehead atoms. The molecule has 0 spiro atoms. The Morgan fingerprint density at radius 3 is 2.28 bits per heavy atom. The summed E-state index contributed by atoms with van der Waals surface area (Å²) in [4.78, 5) is 28.7. The molecule has 2 heterocycles. The van der Waals surface area contributed by atoms with Gasteiger partial charge in [0.15, 0.2) is 6.29 Å². The van der Waals surface area contributed by atoms with Crippen LogP contribution in [-0.4, -0.2) is 38.9 Å². The van der Waals surface area contributed by atoms with E-state index < -0.39 is 12.3 Å². The quantitative estimate of drug-likeness (QED) is 0.129. The van der Waals surface area contributed by atoms with Gasteiger partial charge in [-0.15, -0.1) is 11.8 Å². The predicted octanol–water partition coefficient (Wildman–Crippen LogP) is 7.21. The number of aliphatic hydroxyl groups is 1. The number of aromatic carboxylic acids is 1. The average Bonchev–Trinajstić information content (AvgIpc) is 3.13. The van der Waals surface area contributed by atoms with Crippen LogP contribution in [0.4, 0.5) is 0 Å². The molecular weight excluding hydrogens is 612 g/mol. The van der Waals surface area contributed by atoms with Gasteiger partial charge in [0.2, 0.25) is 0 Å². The molecule has 4 aromatic carbocycles. The van der Waals surface area contributed by atoms with E-state index in [-0.39, 0.29) is 30.3 Å². The van der Waals surface area contributed by atoms with Crippen molar-refractivity contribution in [2.75, 3.05) is 5.75 Å². The molecule has 0 aliphatic carbocycles. The molecular formula is C38H34N2O6S. The minimum Gasteiger partial charge on any atom is -0.478 e. The van der Waals surface area contributed by atoms with Gasteiger partial charge in [0.1, 0.15) is 0 Å². The lowest BCUT2D eigenvalue weighted by Crippen LogP contribution is -2.31. The van der Waals surface area contributed by atoms with Crippen LogP contribution >= 0.6 is 11.8 Å². The predicted molar refractivity (Wildman–Crippen MR) is 180 cm³/mol. The standard InChI is InChI=1S/C38H34N2O6S/c41-23-25-6-8-28(9-7-25)35-20-33(24-47-34-16-14-29(15-17-34)37(43)44)45-38(46-35)30-12-10-27(11-13-30)31-4-1-3-26(19-31)21-40-36(42)32-5-2-18-39-22-32/h1-19,22,33,35,38,41H,20-21,23-24H2,(H,40,42)(H,43,44). The zero-order chi connectivity index (χ0) is 32.6. The number of hydrogen-bond acceptors (Lipinski definition) is 7. The van der Waals surface area contributed by atoms with E-state index >= 15 is 0 Å². The number of ether oxygens (including phenoxy) is 2. The third-order valence-electron chi connectivity index (χ3n) is 7.97. The van der Waals surface area contributed by atoms with E-state index in [4.69, 9.17) is 9.47 Å². The summed E-state index contributed by atoms with van der Waals surface area (Å²) in [6, 6.07) is 34.3. The summed E-state index contributed by atoms with van der Waals surface area (Å²) in [6.45, 7) is 0.375. The van der Waals surface area contributed by atoms with E-state index in [1.54, 1.807) is 48.4 Å². The number of amides is 1. The van der Waals surface area contributed by atoms with Crippen molar-refractivity contribution in [2.24, 2.45) is 0 Å². The fraction of sp³-hybridized carbons (Fsp3) is 0.184. The third kappa shape index (κ3) is 8.33. The number of carboxylic acids is 1. The molecule has 1 fully saturated rings. The fourth-order valence-electron chi connectivity index (χ4n) is 5.38. The van der Waals surface area contributed by atoms with Crippen LogP contribution in [0.5, 0.6) is 0 Å². The molecule has 3 unspecified atom stereocenters. The summed E-state index contributed by atoms with van der Waals surface area (Å²) in [5.74, 6) is -0.452. The number of carbonyl (C=O) groups is 2. The number of carboxylic acid groups (broad SMARTS) is 1. The Bertz CT molecular complexity index is 1800. The highest BCUT2D eigenvalue weighted by Gasteiger charge is 2.32. The SMILES string of the molecule is O=C(O)c1ccc(SCC2CC(c3ccc(CO)cc3)OC(c3ccc(-c4cccc(CNC(=O)c5cccnc5)c4)cc3)O2)cc1. The van der Waals surface area contributed by atoms with Crippen molar-refractivity contribution in [3.8, 4) is 11.1 Å². The monoisotopic (exact) mass is 646 g/mol. The first-order valence-electron chi connectivity index (χ1n) is 15.3. The Hall–Kier alpha value is -4.80. The molecule has 8 nitrogen and oxygen atoms in total. The molecule has 1 amide bonds. The summed E-state index contributed by atoms with van der Waals surface area (Å²) in [5.41, 5.74) is 6.56. The second-order valence-corrected chi connectivity index (χ2v) is 12.3. The highest BCUT2D eigenvalue weighted by Crippen LogP contribution is 2.40. The van der Waals surface area contributed by atoms with Crippen LogP contribution in [0.25, 0.3) is 11.1 Å². The summed E-state index contributed by atoms with van der Waals surface area (Å²) in [6.07, 6.45) is 2.91. The van der Waals surface area contributed by atoms with Gasteiger partial charge in [0.25, 0.3) is 5.91 Å². The van der Waals surface area contributed by atoms with Gasteiger partial charge < -0.3 is 25.0 Å².